The fraction of sp³-hybridized carbons (Fsp3) is 0.474. The van der Waals surface area contributed by atoms with Crippen molar-refractivity contribution in [2.45, 2.75) is 46.1 Å². The normalized spacial score (nSPS) is 10.9. The molecular formula is C19H25N3O. The Bertz CT molecular complexity index is 694. The average Bonchev–Trinajstić information content (AvgIpc) is 2.89. The largest absolute Gasteiger partial charge is 0.356 e. The van der Waals surface area contributed by atoms with E-state index in [-0.39, 0.29) is 11.8 Å². The zero-order valence-electron chi connectivity index (χ0n) is 14.0. The zero-order valence-corrected chi connectivity index (χ0v) is 14.0. The molecule has 0 aliphatic heterocycles. The van der Waals surface area contributed by atoms with Gasteiger partial charge in [0.25, 0.3) is 0 Å². The van der Waals surface area contributed by atoms with Gasteiger partial charge < -0.3 is 9.88 Å². The molecule has 4 heteroatoms. The number of rotatable bonds is 8. The van der Waals surface area contributed by atoms with Crippen molar-refractivity contribution in [2.75, 3.05) is 6.54 Å². The Morgan fingerprint density at radius 3 is 2.83 bits per heavy atom. The molecule has 0 saturated heterocycles. The highest BCUT2D eigenvalue weighted by Gasteiger charge is 2.09. The summed E-state index contributed by atoms with van der Waals surface area (Å²) in [4.78, 5) is 16.2. The lowest BCUT2D eigenvalue weighted by molar-refractivity contribution is -0.123. The molecule has 23 heavy (non-hydrogen) atoms. The number of unbranched alkanes of at least 4 members (excludes halogenated alkanes) is 2. The van der Waals surface area contributed by atoms with Gasteiger partial charge in [-0.25, -0.2) is 4.98 Å². The molecule has 0 unspecified atom stereocenters. The highest BCUT2D eigenvalue weighted by Crippen LogP contribution is 2.17. The highest BCUT2D eigenvalue weighted by atomic mass is 16.1. The van der Waals surface area contributed by atoms with Crippen LogP contribution >= 0.6 is 0 Å². The minimum absolute atomic E-state index is 0.0543. The predicted octanol–water partition coefficient (Wildman–Crippen LogP) is 3.15. The van der Waals surface area contributed by atoms with Crippen molar-refractivity contribution >= 4 is 16.9 Å². The summed E-state index contributed by atoms with van der Waals surface area (Å²) in [7, 11) is 0. The van der Waals surface area contributed by atoms with Gasteiger partial charge in [-0.2, -0.15) is 0 Å². The number of aryl methyl sites for hydroxylation is 1. The summed E-state index contributed by atoms with van der Waals surface area (Å²) in [5.74, 6) is 3.94. The minimum atomic E-state index is 0.0543. The van der Waals surface area contributed by atoms with Gasteiger partial charge in [-0.15, -0.1) is 6.42 Å². The predicted molar refractivity (Wildman–Crippen MR) is 94.0 cm³/mol. The number of terminal acetylenes is 1. The molecule has 1 aromatic carbocycles. The molecule has 0 radical (unpaired) electrons. The van der Waals surface area contributed by atoms with Gasteiger partial charge in [0.2, 0.25) is 5.91 Å². The first-order valence-electron chi connectivity index (χ1n) is 8.28. The number of benzene rings is 1. The van der Waals surface area contributed by atoms with Crippen molar-refractivity contribution in [3.8, 4) is 12.3 Å². The molecule has 0 atom stereocenters. The van der Waals surface area contributed by atoms with E-state index in [1.165, 1.54) is 0 Å². The number of hydrogen-bond acceptors (Lipinski definition) is 2. The lowest BCUT2D eigenvalue weighted by Gasteiger charge is -2.08. The monoisotopic (exact) mass is 311 g/mol. The lowest BCUT2D eigenvalue weighted by Crippen LogP contribution is -2.28. The van der Waals surface area contributed by atoms with Crippen LogP contribution in [-0.4, -0.2) is 22.0 Å². The molecule has 0 bridgehead atoms. The van der Waals surface area contributed by atoms with E-state index >= 15 is 0 Å². The number of fused-ring (bicyclic) bond motifs is 1. The van der Waals surface area contributed by atoms with Crippen molar-refractivity contribution in [3.63, 3.8) is 0 Å². The fourth-order valence-corrected chi connectivity index (χ4v) is 2.58. The molecular weight excluding hydrogens is 286 g/mol. The first kappa shape index (κ1) is 17.1. The van der Waals surface area contributed by atoms with E-state index < -0.39 is 0 Å². The molecule has 1 aromatic heterocycles. The number of carbonyl (C=O) groups excluding carboxylic acids is 1. The zero-order chi connectivity index (χ0) is 16.7. The van der Waals surface area contributed by atoms with E-state index in [2.05, 4.69) is 21.9 Å². The first-order valence-corrected chi connectivity index (χ1v) is 8.28. The number of imidazole rings is 1. The SMILES string of the molecule is C#CCn1c(CCCCCNC(=O)C(C)C)nc2ccccc21. The molecule has 1 heterocycles. The number of aromatic nitrogens is 2. The Kier molecular flexibility index (Phi) is 6.22. The molecule has 0 saturated carbocycles. The molecule has 4 nitrogen and oxygen atoms in total. The standard InChI is InChI=1S/C19H25N3O/c1-4-14-22-17-11-8-7-10-16(17)21-18(22)12-6-5-9-13-20-19(23)15(2)3/h1,7-8,10-11,15H,5-6,9,12-14H2,2-3H3,(H,20,23). The third-order valence-corrected chi connectivity index (χ3v) is 3.88. The lowest BCUT2D eigenvalue weighted by atomic mass is 10.1. The second-order valence-corrected chi connectivity index (χ2v) is 6.06. The molecule has 0 spiro atoms. The van der Waals surface area contributed by atoms with E-state index in [1.54, 1.807) is 0 Å². The number of para-hydroxylation sites is 2. The quantitative estimate of drug-likeness (QED) is 0.601. The Balaban J connectivity index is 1.84. The average molecular weight is 311 g/mol. The van der Waals surface area contributed by atoms with Gasteiger partial charge in [0.15, 0.2) is 0 Å². The van der Waals surface area contributed by atoms with Crippen LogP contribution in [0.3, 0.4) is 0 Å². The Labute approximate surface area is 138 Å². The van der Waals surface area contributed by atoms with E-state index in [0.29, 0.717) is 6.54 Å². The molecule has 2 aromatic rings. The number of nitrogens with zero attached hydrogens (tertiary/aromatic N) is 2. The van der Waals surface area contributed by atoms with Crippen molar-refractivity contribution in [2.24, 2.45) is 5.92 Å². The van der Waals surface area contributed by atoms with E-state index in [4.69, 9.17) is 11.4 Å². The van der Waals surface area contributed by atoms with Crippen LogP contribution in [0.25, 0.3) is 11.0 Å². The third kappa shape index (κ3) is 4.59. The summed E-state index contributed by atoms with van der Waals surface area (Å²) >= 11 is 0. The summed E-state index contributed by atoms with van der Waals surface area (Å²) in [6, 6.07) is 8.09. The molecule has 0 fully saturated rings. The number of amides is 1. The Morgan fingerprint density at radius 2 is 2.09 bits per heavy atom. The maximum atomic E-state index is 11.5. The second-order valence-electron chi connectivity index (χ2n) is 6.06. The van der Waals surface area contributed by atoms with Gasteiger partial charge in [-0.05, 0) is 25.0 Å². The maximum Gasteiger partial charge on any atom is 0.222 e. The molecule has 1 amide bonds. The van der Waals surface area contributed by atoms with Crippen LogP contribution in [0.5, 0.6) is 0 Å². The van der Waals surface area contributed by atoms with Gasteiger partial charge in [-0.1, -0.05) is 38.3 Å². The van der Waals surface area contributed by atoms with Crippen LogP contribution in [0, 0.1) is 18.3 Å². The highest BCUT2D eigenvalue weighted by molar-refractivity contribution is 5.77. The van der Waals surface area contributed by atoms with Gasteiger partial charge in [-0.3, -0.25) is 4.79 Å². The third-order valence-electron chi connectivity index (χ3n) is 3.88. The smallest absolute Gasteiger partial charge is 0.222 e. The summed E-state index contributed by atoms with van der Waals surface area (Å²) in [6.07, 6.45) is 9.51. The fourth-order valence-electron chi connectivity index (χ4n) is 2.58. The van der Waals surface area contributed by atoms with Crippen LogP contribution in [-0.2, 0) is 17.8 Å². The Hall–Kier alpha value is -2.28. The van der Waals surface area contributed by atoms with E-state index in [9.17, 15) is 4.79 Å². The molecule has 122 valence electrons. The number of hydrogen-bond donors (Lipinski definition) is 1. The summed E-state index contributed by atoms with van der Waals surface area (Å²) < 4.78 is 2.12. The maximum absolute atomic E-state index is 11.5. The van der Waals surface area contributed by atoms with Crippen molar-refractivity contribution in [1.29, 1.82) is 0 Å². The topological polar surface area (TPSA) is 46.9 Å². The summed E-state index contributed by atoms with van der Waals surface area (Å²) in [6.45, 7) is 5.12. The molecule has 0 aliphatic carbocycles. The summed E-state index contributed by atoms with van der Waals surface area (Å²) in [5.41, 5.74) is 2.10. The van der Waals surface area contributed by atoms with Crippen molar-refractivity contribution in [1.82, 2.24) is 14.9 Å². The van der Waals surface area contributed by atoms with E-state index in [1.807, 2.05) is 32.0 Å². The van der Waals surface area contributed by atoms with Gasteiger partial charge in [0.05, 0.1) is 17.6 Å². The van der Waals surface area contributed by atoms with Crippen molar-refractivity contribution in [3.05, 3.63) is 30.1 Å². The Morgan fingerprint density at radius 1 is 1.30 bits per heavy atom. The number of nitrogens with one attached hydrogen (secondary N) is 1. The van der Waals surface area contributed by atoms with Crippen LogP contribution in [0.2, 0.25) is 0 Å². The summed E-state index contributed by atoms with van der Waals surface area (Å²) in [5, 5.41) is 2.95. The van der Waals surface area contributed by atoms with Gasteiger partial charge in [0, 0.05) is 18.9 Å². The van der Waals surface area contributed by atoms with Crippen molar-refractivity contribution < 1.29 is 4.79 Å². The van der Waals surface area contributed by atoms with Crippen LogP contribution in [0.15, 0.2) is 24.3 Å². The van der Waals surface area contributed by atoms with E-state index in [0.717, 1.165) is 49.1 Å². The minimum Gasteiger partial charge on any atom is -0.356 e. The van der Waals surface area contributed by atoms with Crippen LogP contribution < -0.4 is 5.32 Å². The van der Waals surface area contributed by atoms with Gasteiger partial charge >= 0.3 is 0 Å². The van der Waals surface area contributed by atoms with Gasteiger partial charge in [0.1, 0.15) is 5.82 Å². The molecule has 0 aliphatic rings. The second kappa shape index (κ2) is 8.38. The number of carbonyl (C=O) groups is 1. The van der Waals surface area contributed by atoms with Crippen LogP contribution in [0.4, 0.5) is 0 Å². The van der Waals surface area contributed by atoms with Crippen LogP contribution in [0.1, 0.15) is 38.9 Å². The molecule has 1 N–H and O–H groups in total. The first-order chi connectivity index (χ1) is 11.1. The molecule has 2 rings (SSSR count).